The van der Waals surface area contributed by atoms with Crippen LogP contribution in [0.2, 0.25) is 0 Å². The van der Waals surface area contributed by atoms with Gasteiger partial charge in [0.15, 0.2) is 0 Å². The lowest BCUT2D eigenvalue weighted by atomic mass is 10.1. The first-order valence-corrected chi connectivity index (χ1v) is 8.50. The van der Waals surface area contributed by atoms with Gasteiger partial charge in [0.25, 0.3) is 5.91 Å². The third kappa shape index (κ3) is 4.13. The van der Waals surface area contributed by atoms with E-state index in [-0.39, 0.29) is 16.9 Å². The van der Waals surface area contributed by atoms with Gasteiger partial charge in [0.2, 0.25) is 0 Å². The first-order valence-electron chi connectivity index (χ1n) is 8.50. The topological polar surface area (TPSA) is 74.4 Å². The number of halogens is 3. The van der Waals surface area contributed by atoms with Crippen molar-refractivity contribution in [2.75, 3.05) is 31.4 Å². The summed E-state index contributed by atoms with van der Waals surface area (Å²) in [5, 5.41) is 2.30. The molecule has 0 atom stereocenters. The molecule has 0 spiro atoms. The van der Waals surface area contributed by atoms with Crippen LogP contribution in [0.1, 0.15) is 44.6 Å². The van der Waals surface area contributed by atoms with E-state index in [1.807, 2.05) is 0 Å². The predicted molar refractivity (Wildman–Crippen MR) is 100.0 cm³/mol. The summed E-state index contributed by atoms with van der Waals surface area (Å²) in [6.07, 6.45) is -4.23. The first kappa shape index (κ1) is 21.3. The first-order chi connectivity index (χ1) is 13.0. The highest BCUT2D eigenvalue weighted by Gasteiger charge is 2.35. The van der Waals surface area contributed by atoms with E-state index in [4.69, 9.17) is 4.74 Å². The molecule has 0 unspecified atom stereocenters. The van der Waals surface area contributed by atoms with Crippen LogP contribution < -0.4 is 10.2 Å². The number of amides is 1. The van der Waals surface area contributed by atoms with Crippen LogP contribution in [-0.2, 0) is 17.3 Å². The van der Waals surface area contributed by atoms with Crippen molar-refractivity contribution < 1.29 is 27.5 Å². The highest BCUT2D eigenvalue weighted by molar-refractivity contribution is 6.07. The minimum Gasteiger partial charge on any atom is -0.465 e. The van der Waals surface area contributed by atoms with Crippen molar-refractivity contribution in [3.63, 3.8) is 0 Å². The SMILES string of the molecule is CCc1[nH]c(C(=O)Nc2ccc(N(C)C)cc2C(F)(F)F)c(C)c1C(=O)OC. The summed E-state index contributed by atoms with van der Waals surface area (Å²) >= 11 is 0. The van der Waals surface area contributed by atoms with Crippen molar-refractivity contribution in [2.24, 2.45) is 0 Å². The number of rotatable bonds is 5. The Kier molecular flexibility index (Phi) is 6.06. The average Bonchev–Trinajstić information content (AvgIpc) is 2.96. The Morgan fingerprint density at radius 3 is 2.39 bits per heavy atom. The van der Waals surface area contributed by atoms with Crippen LogP contribution >= 0.6 is 0 Å². The average molecular weight is 397 g/mol. The number of methoxy groups -OCH3 is 1. The largest absolute Gasteiger partial charge is 0.465 e. The molecule has 0 aliphatic heterocycles. The lowest BCUT2D eigenvalue weighted by Gasteiger charge is -2.18. The van der Waals surface area contributed by atoms with Gasteiger partial charge in [-0.25, -0.2) is 4.79 Å². The lowest BCUT2D eigenvalue weighted by Crippen LogP contribution is -2.19. The Labute approximate surface area is 160 Å². The summed E-state index contributed by atoms with van der Waals surface area (Å²) in [5.41, 5.74) is 0.0574. The third-order valence-corrected chi connectivity index (χ3v) is 4.37. The zero-order valence-corrected chi connectivity index (χ0v) is 16.2. The molecule has 0 bridgehead atoms. The van der Waals surface area contributed by atoms with E-state index in [9.17, 15) is 22.8 Å². The molecule has 0 radical (unpaired) electrons. The lowest BCUT2D eigenvalue weighted by molar-refractivity contribution is -0.136. The van der Waals surface area contributed by atoms with Crippen LogP contribution in [0.3, 0.4) is 0 Å². The normalized spacial score (nSPS) is 11.3. The zero-order valence-electron chi connectivity index (χ0n) is 16.2. The number of hydrogen-bond donors (Lipinski definition) is 2. The van der Waals surface area contributed by atoms with Crippen molar-refractivity contribution in [3.8, 4) is 0 Å². The molecule has 6 nitrogen and oxygen atoms in total. The fourth-order valence-electron chi connectivity index (χ4n) is 2.87. The minimum atomic E-state index is -4.65. The molecule has 0 aliphatic rings. The monoisotopic (exact) mass is 397 g/mol. The van der Waals surface area contributed by atoms with Crippen LogP contribution in [0.25, 0.3) is 0 Å². The quantitative estimate of drug-likeness (QED) is 0.748. The van der Waals surface area contributed by atoms with Crippen LogP contribution in [0.5, 0.6) is 0 Å². The smallest absolute Gasteiger partial charge is 0.418 e. The van der Waals surface area contributed by atoms with Crippen molar-refractivity contribution in [1.82, 2.24) is 4.98 Å². The molecule has 1 aromatic carbocycles. The molecule has 28 heavy (non-hydrogen) atoms. The number of hydrogen-bond acceptors (Lipinski definition) is 4. The number of ether oxygens (including phenoxy) is 1. The maximum Gasteiger partial charge on any atom is 0.418 e. The van der Waals surface area contributed by atoms with Crippen LogP contribution in [0, 0.1) is 6.92 Å². The zero-order chi connectivity index (χ0) is 21.2. The molecule has 1 amide bonds. The number of H-pyrrole nitrogens is 1. The number of benzene rings is 1. The molecular weight excluding hydrogens is 375 g/mol. The van der Waals surface area contributed by atoms with E-state index in [2.05, 4.69) is 10.3 Å². The fraction of sp³-hybridized carbons (Fsp3) is 0.368. The van der Waals surface area contributed by atoms with Crippen LogP contribution in [-0.4, -0.2) is 38.1 Å². The van der Waals surface area contributed by atoms with Crippen LogP contribution in [0.4, 0.5) is 24.5 Å². The van der Waals surface area contributed by atoms with Gasteiger partial charge in [-0.15, -0.1) is 0 Å². The third-order valence-electron chi connectivity index (χ3n) is 4.37. The number of carbonyl (C=O) groups excluding carboxylic acids is 2. The number of nitrogens with zero attached hydrogens (tertiary/aromatic N) is 1. The molecule has 2 rings (SSSR count). The summed E-state index contributed by atoms with van der Waals surface area (Å²) < 4.78 is 45.1. The second-order valence-corrected chi connectivity index (χ2v) is 6.40. The molecule has 9 heteroatoms. The van der Waals surface area contributed by atoms with E-state index in [0.29, 0.717) is 23.4 Å². The van der Waals surface area contributed by atoms with E-state index in [1.165, 1.54) is 31.1 Å². The number of carbonyl (C=O) groups is 2. The van der Waals surface area contributed by atoms with E-state index < -0.39 is 23.6 Å². The molecule has 0 saturated heterocycles. The number of aromatic nitrogens is 1. The molecule has 2 N–H and O–H groups in total. The van der Waals surface area contributed by atoms with Crippen molar-refractivity contribution in [1.29, 1.82) is 0 Å². The second kappa shape index (κ2) is 7.95. The van der Waals surface area contributed by atoms with Gasteiger partial charge in [-0.2, -0.15) is 13.2 Å². The standard InChI is InChI=1S/C19H22F3N3O3/c1-6-13-15(18(27)28-5)10(2)16(23-13)17(26)24-14-8-7-11(25(3)4)9-12(14)19(20,21)22/h7-9,23H,6H2,1-5H3,(H,24,26). The molecule has 1 heterocycles. The Morgan fingerprint density at radius 2 is 1.89 bits per heavy atom. The van der Waals surface area contributed by atoms with Gasteiger partial charge in [0.1, 0.15) is 5.69 Å². The highest BCUT2D eigenvalue weighted by Crippen LogP contribution is 2.37. The maximum absolute atomic E-state index is 13.5. The van der Waals surface area contributed by atoms with Gasteiger partial charge in [0, 0.05) is 25.5 Å². The van der Waals surface area contributed by atoms with E-state index >= 15 is 0 Å². The highest BCUT2D eigenvalue weighted by atomic mass is 19.4. The number of alkyl halides is 3. The minimum absolute atomic E-state index is 0.0158. The number of nitrogens with one attached hydrogen (secondary N) is 2. The number of aryl methyl sites for hydroxylation is 1. The van der Waals surface area contributed by atoms with E-state index in [1.54, 1.807) is 21.0 Å². The summed E-state index contributed by atoms with van der Waals surface area (Å²) in [5.74, 6) is -1.39. The maximum atomic E-state index is 13.5. The van der Waals surface area contributed by atoms with Crippen molar-refractivity contribution in [2.45, 2.75) is 26.4 Å². The molecule has 1 aromatic heterocycles. The molecule has 152 valence electrons. The van der Waals surface area contributed by atoms with Crippen LogP contribution in [0.15, 0.2) is 18.2 Å². The number of esters is 1. The van der Waals surface area contributed by atoms with Gasteiger partial charge in [-0.05, 0) is 37.1 Å². The Hall–Kier alpha value is -2.97. The number of aromatic amines is 1. The van der Waals surface area contributed by atoms with Gasteiger partial charge in [0.05, 0.1) is 23.9 Å². The van der Waals surface area contributed by atoms with Crippen molar-refractivity contribution >= 4 is 23.3 Å². The Balaban J connectivity index is 2.46. The molecule has 2 aromatic rings. The molecule has 0 fully saturated rings. The van der Waals surface area contributed by atoms with E-state index in [0.717, 1.165) is 6.07 Å². The number of anilines is 2. The Bertz CT molecular complexity index is 902. The van der Waals surface area contributed by atoms with Gasteiger partial charge in [-0.3, -0.25) is 4.79 Å². The molecule has 0 saturated carbocycles. The second-order valence-electron chi connectivity index (χ2n) is 6.40. The van der Waals surface area contributed by atoms with Gasteiger partial charge in [-0.1, -0.05) is 6.92 Å². The summed E-state index contributed by atoms with van der Waals surface area (Å²) in [6.45, 7) is 3.32. The van der Waals surface area contributed by atoms with Gasteiger partial charge < -0.3 is 19.9 Å². The molecule has 0 aliphatic carbocycles. The Morgan fingerprint density at radius 1 is 1.25 bits per heavy atom. The predicted octanol–water partition coefficient (Wildman–Crippen LogP) is 4.01. The van der Waals surface area contributed by atoms with Crippen molar-refractivity contribution in [3.05, 3.63) is 46.3 Å². The summed E-state index contributed by atoms with van der Waals surface area (Å²) in [7, 11) is 4.46. The summed E-state index contributed by atoms with van der Waals surface area (Å²) in [6, 6.07) is 3.65. The summed E-state index contributed by atoms with van der Waals surface area (Å²) in [4.78, 5) is 29.0. The van der Waals surface area contributed by atoms with Gasteiger partial charge >= 0.3 is 12.1 Å². The fourth-order valence-corrected chi connectivity index (χ4v) is 2.87. The molecular formula is C19H22F3N3O3.